The van der Waals surface area contributed by atoms with E-state index >= 15 is 0 Å². The zero-order valence-electron chi connectivity index (χ0n) is 12.3. The lowest BCUT2D eigenvalue weighted by atomic mass is 10.2. The van der Waals surface area contributed by atoms with E-state index in [0.717, 1.165) is 30.4 Å². The Hall–Kier alpha value is -2.08. The van der Waals surface area contributed by atoms with Gasteiger partial charge in [0.2, 0.25) is 0 Å². The van der Waals surface area contributed by atoms with E-state index in [0.29, 0.717) is 29.7 Å². The molecule has 1 aromatic carbocycles. The first-order valence-corrected chi connectivity index (χ1v) is 7.03. The van der Waals surface area contributed by atoms with Crippen molar-refractivity contribution in [2.75, 3.05) is 26.1 Å². The number of anilines is 1. The summed E-state index contributed by atoms with van der Waals surface area (Å²) in [5.41, 5.74) is 6.71. The molecule has 0 bridgehead atoms. The number of benzene rings is 1. The number of hydrogen-bond acceptors (Lipinski definition) is 6. The number of nitrogens with zero attached hydrogens (tertiary/aromatic N) is 2. The third-order valence-electron chi connectivity index (χ3n) is 3.57. The van der Waals surface area contributed by atoms with Gasteiger partial charge in [-0.25, -0.2) is 9.97 Å². The Kier molecular flexibility index (Phi) is 3.79. The largest absolute Gasteiger partial charge is 0.493 e. The average molecular weight is 289 g/mol. The highest BCUT2D eigenvalue weighted by Crippen LogP contribution is 2.33. The molecule has 0 amide bonds. The second-order valence-corrected chi connectivity index (χ2v) is 5.12. The Morgan fingerprint density at radius 1 is 1.33 bits per heavy atom. The molecule has 0 unspecified atom stereocenters. The van der Waals surface area contributed by atoms with Gasteiger partial charge in [-0.15, -0.1) is 0 Å². The minimum atomic E-state index is 0.150. The Morgan fingerprint density at radius 3 is 2.90 bits per heavy atom. The summed E-state index contributed by atoms with van der Waals surface area (Å²) in [5.74, 6) is 2.36. The summed E-state index contributed by atoms with van der Waals surface area (Å²) < 4.78 is 16.8. The predicted molar refractivity (Wildman–Crippen MR) is 79.7 cm³/mol. The van der Waals surface area contributed by atoms with Gasteiger partial charge in [-0.2, -0.15) is 0 Å². The molecule has 3 rings (SSSR count). The molecule has 112 valence electrons. The van der Waals surface area contributed by atoms with Crippen molar-refractivity contribution in [2.45, 2.75) is 25.9 Å². The van der Waals surface area contributed by atoms with Gasteiger partial charge in [0.15, 0.2) is 11.5 Å². The van der Waals surface area contributed by atoms with Crippen LogP contribution >= 0.6 is 0 Å². The third-order valence-corrected chi connectivity index (χ3v) is 3.57. The average Bonchev–Trinajstić information content (AvgIpc) is 2.97. The molecule has 1 saturated heterocycles. The van der Waals surface area contributed by atoms with Gasteiger partial charge < -0.3 is 19.9 Å². The molecule has 1 aliphatic rings. The van der Waals surface area contributed by atoms with Crippen LogP contribution in [0.5, 0.6) is 11.5 Å². The van der Waals surface area contributed by atoms with E-state index in [1.165, 1.54) is 0 Å². The smallest absolute Gasteiger partial charge is 0.162 e. The molecule has 0 spiro atoms. The van der Waals surface area contributed by atoms with E-state index in [2.05, 4.69) is 9.97 Å². The number of nitrogens with two attached hydrogens (primary N) is 1. The Morgan fingerprint density at radius 2 is 2.19 bits per heavy atom. The molecule has 0 radical (unpaired) electrons. The molecule has 2 aromatic rings. The van der Waals surface area contributed by atoms with Crippen molar-refractivity contribution < 1.29 is 14.2 Å². The third kappa shape index (κ3) is 2.85. The second-order valence-electron chi connectivity index (χ2n) is 5.12. The van der Waals surface area contributed by atoms with Gasteiger partial charge in [0, 0.05) is 18.1 Å². The number of methoxy groups -OCH3 is 1. The van der Waals surface area contributed by atoms with E-state index in [9.17, 15) is 0 Å². The highest BCUT2D eigenvalue weighted by atomic mass is 16.5. The molecular weight excluding hydrogens is 270 g/mol. The maximum atomic E-state index is 5.96. The van der Waals surface area contributed by atoms with Crippen LogP contribution in [0.1, 0.15) is 18.7 Å². The summed E-state index contributed by atoms with van der Waals surface area (Å²) >= 11 is 0. The molecule has 6 heteroatoms. The van der Waals surface area contributed by atoms with E-state index < -0.39 is 0 Å². The molecule has 1 aliphatic heterocycles. The molecule has 1 fully saturated rings. The minimum Gasteiger partial charge on any atom is -0.493 e. The number of hydrogen-bond donors (Lipinski definition) is 1. The van der Waals surface area contributed by atoms with Gasteiger partial charge in [0.05, 0.1) is 18.7 Å². The number of fused-ring (bicyclic) bond motifs is 1. The van der Waals surface area contributed by atoms with Gasteiger partial charge in [-0.05, 0) is 25.8 Å². The fraction of sp³-hybridized carbons (Fsp3) is 0.467. The first-order valence-electron chi connectivity index (χ1n) is 7.03. The summed E-state index contributed by atoms with van der Waals surface area (Å²) in [5, 5.41) is 0.767. The fourth-order valence-corrected chi connectivity index (χ4v) is 2.51. The molecule has 1 atom stereocenters. The van der Waals surface area contributed by atoms with Crippen LogP contribution in [0.3, 0.4) is 0 Å². The molecule has 0 aliphatic carbocycles. The maximum Gasteiger partial charge on any atom is 0.162 e. The lowest BCUT2D eigenvalue weighted by molar-refractivity contribution is 0.0670. The van der Waals surface area contributed by atoms with E-state index in [1.807, 2.05) is 19.1 Å². The number of aromatic nitrogens is 2. The lowest BCUT2D eigenvalue weighted by Gasteiger charge is -2.15. The van der Waals surface area contributed by atoms with Crippen LogP contribution in [0.15, 0.2) is 12.1 Å². The highest BCUT2D eigenvalue weighted by molar-refractivity contribution is 5.90. The van der Waals surface area contributed by atoms with Crippen LogP contribution in [0, 0.1) is 6.92 Å². The van der Waals surface area contributed by atoms with Crippen LogP contribution in [0.4, 0.5) is 5.82 Å². The molecular formula is C15H19N3O3. The quantitative estimate of drug-likeness (QED) is 0.928. The van der Waals surface area contributed by atoms with E-state index in [1.54, 1.807) is 7.11 Å². The van der Waals surface area contributed by atoms with Crippen molar-refractivity contribution in [1.29, 1.82) is 0 Å². The second kappa shape index (κ2) is 5.73. The molecule has 1 aromatic heterocycles. The Labute approximate surface area is 123 Å². The van der Waals surface area contributed by atoms with Crippen LogP contribution in [0.2, 0.25) is 0 Å². The number of nitrogen functional groups attached to an aromatic ring is 1. The van der Waals surface area contributed by atoms with Crippen LogP contribution in [-0.2, 0) is 4.74 Å². The number of ether oxygens (including phenoxy) is 3. The van der Waals surface area contributed by atoms with Crippen molar-refractivity contribution in [3.05, 3.63) is 18.0 Å². The van der Waals surface area contributed by atoms with Crippen LogP contribution in [-0.4, -0.2) is 36.4 Å². The van der Waals surface area contributed by atoms with Crippen molar-refractivity contribution in [3.63, 3.8) is 0 Å². The molecule has 0 saturated carbocycles. The highest BCUT2D eigenvalue weighted by Gasteiger charge is 2.18. The SMILES string of the molecule is COc1cc2nc(C)nc(N)c2cc1OC[C@H]1CCCO1. The zero-order chi connectivity index (χ0) is 14.8. The summed E-state index contributed by atoms with van der Waals surface area (Å²) in [6.45, 7) is 3.13. The van der Waals surface area contributed by atoms with Crippen LogP contribution < -0.4 is 15.2 Å². The molecule has 2 heterocycles. The standard InChI is InChI=1S/C15H19N3O3/c1-9-17-12-7-13(19-2)14(6-11(12)15(16)18-9)21-8-10-4-3-5-20-10/h6-7,10H,3-5,8H2,1-2H3,(H2,16,17,18)/t10-/m1/s1. The lowest BCUT2D eigenvalue weighted by Crippen LogP contribution is -2.16. The summed E-state index contributed by atoms with van der Waals surface area (Å²) in [6.07, 6.45) is 2.26. The molecule has 2 N–H and O–H groups in total. The van der Waals surface area contributed by atoms with Gasteiger partial charge in [-0.1, -0.05) is 0 Å². The number of rotatable bonds is 4. The first-order chi connectivity index (χ1) is 10.2. The van der Waals surface area contributed by atoms with E-state index in [-0.39, 0.29) is 6.10 Å². The molecule has 21 heavy (non-hydrogen) atoms. The molecule has 6 nitrogen and oxygen atoms in total. The maximum absolute atomic E-state index is 5.96. The van der Waals surface area contributed by atoms with Crippen molar-refractivity contribution in [1.82, 2.24) is 9.97 Å². The number of aryl methyl sites for hydroxylation is 1. The monoisotopic (exact) mass is 289 g/mol. The Balaban J connectivity index is 1.92. The summed E-state index contributed by atoms with van der Waals surface area (Å²) in [4.78, 5) is 8.55. The normalized spacial score (nSPS) is 18.1. The van der Waals surface area contributed by atoms with Crippen molar-refractivity contribution in [3.8, 4) is 11.5 Å². The van der Waals surface area contributed by atoms with Crippen LogP contribution in [0.25, 0.3) is 10.9 Å². The summed E-state index contributed by atoms with van der Waals surface area (Å²) in [7, 11) is 1.61. The summed E-state index contributed by atoms with van der Waals surface area (Å²) in [6, 6.07) is 3.66. The van der Waals surface area contributed by atoms with E-state index in [4.69, 9.17) is 19.9 Å². The first kappa shape index (κ1) is 13.9. The minimum absolute atomic E-state index is 0.150. The van der Waals surface area contributed by atoms with Crippen molar-refractivity contribution in [2.24, 2.45) is 0 Å². The zero-order valence-corrected chi connectivity index (χ0v) is 12.3. The topological polar surface area (TPSA) is 79.5 Å². The van der Waals surface area contributed by atoms with Gasteiger partial charge >= 0.3 is 0 Å². The van der Waals surface area contributed by atoms with Gasteiger partial charge in [0.1, 0.15) is 18.2 Å². The van der Waals surface area contributed by atoms with Gasteiger partial charge in [-0.3, -0.25) is 0 Å². The fourth-order valence-electron chi connectivity index (χ4n) is 2.51. The van der Waals surface area contributed by atoms with Crippen molar-refractivity contribution >= 4 is 16.7 Å². The Bertz CT molecular complexity index is 654. The predicted octanol–water partition coefficient (Wildman–Crippen LogP) is 2.09. The van der Waals surface area contributed by atoms with Gasteiger partial charge in [0.25, 0.3) is 0 Å².